The van der Waals surface area contributed by atoms with E-state index in [0.29, 0.717) is 11.0 Å². The number of thiazole rings is 1. The molecule has 6 heteroatoms. The van der Waals surface area contributed by atoms with Crippen LogP contribution in [0.15, 0.2) is 18.5 Å². The van der Waals surface area contributed by atoms with Crippen LogP contribution in [-0.4, -0.2) is 24.8 Å². The lowest BCUT2D eigenvalue weighted by Crippen LogP contribution is -2.32. The minimum atomic E-state index is -0.443. The average molecular weight is 225 g/mol. The highest BCUT2D eigenvalue weighted by molar-refractivity contribution is 7.23. The summed E-state index contributed by atoms with van der Waals surface area (Å²) in [5, 5.41) is 0.604. The molecule has 1 fully saturated rings. The molecule has 2 heterocycles. The summed E-state index contributed by atoms with van der Waals surface area (Å²) in [6.45, 7) is 7.66. The maximum atomic E-state index is 5.70. The maximum absolute atomic E-state index is 5.70. The van der Waals surface area contributed by atoms with Gasteiger partial charge in [-0.3, -0.25) is 0 Å². The van der Waals surface area contributed by atoms with Gasteiger partial charge in [0.2, 0.25) is 0 Å². The molecule has 0 saturated carbocycles. The van der Waals surface area contributed by atoms with E-state index in [0.717, 1.165) is 4.78 Å². The predicted octanol–water partition coefficient (Wildman–Crippen LogP) is 1.19. The third-order valence-electron chi connectivity index (χ3n) is 2.23. The fourth-order valence-corrected chi connectivity index (χ4v) is 1.91. The lowest BCUT2D eigenvalue weighted by atomic mass is 9.89. The number of aromatic nitrogens is 1. The fourth-order valence-electron chi connectivity index (χ4n) is 1.22. The normalized spacial score (nSPS) is 19.1. The van der Waals surface area contributed by atoms with E-state index in [-0.39, 0.29) is 0 Å². The van der Waals surface area contributed by atoms with Gasteiger partial charge >= 0.3 is 7.12 Å². The van der Waals surface area contributed by atoms with Crippen LogP contribution in [-0.2, 0) is 9.31 Å². The number of methoxy groups -OCH3 is 1. The number of ether oxygens (including phenoxy) is 1. The first-order chi connectivity index (χ1) is 7.03. The van der Waals surface area contributed by atoms with Crippen LogP contribution in [0.5, 0.6) is 5.19 Å². The number of rotatable bonds is 2. The smallest absolute Gasteiger partial charge is 0.533 e. The molecule has 1 aliphatic rings. The van der Waals surface area contributed by atoms with Gasteiger partial charge in [-0.25, -0.2) is 4.98 Å². The van der Waals surface area contributed by atoms with Crippen molar-refractivity contribution >= 4 is 23.2 Å². The van der Waals surface area contributed by atoms with E-state index in [9.17, 15) is 0 Å². The highest BCUT2D eigenvalue weighted by Crippen LogP contribution is 2.30. The van der Waals surface area contributed by atoms with Crippen molar-refractivity contribution in [1.29, 1.82) is 0 Å². The highest BCUT2D eigenvalue weighted by Gasteiger charge is 2.44. The molecule has 0 bridgehead atoms. The van der Waals surface area contributed by atoms with Crippen molar-refractivity contribution in [2.45, 2.75) is 19.4 Å². The molecule has 0 radical (unpaired) electrons. The number of hydrogen-bond donors (Lipinski definition) is 0. The molecular formula is C9H12BNO3S. The zero-order chi connectivity index (χ0) is 11.1. The van der Waals surface area contributed by atoms with Gasteiger partial charge in [0, 0.05) is 6.20 Å². The van der Waals surface area contributed by atoms with Crippen LogP contribution in [0.4, 0.5) is 0 Å². The van der Waals surface area contributed by atoms with Crippen molar-refractivity contribution < 1.29 is 14.0 Å². The second-order valence-corrected chi connectivity index (χ2v) is 4.76. The van der Waals surface area contributed by atoms with Gasteiger partial charge in [-0.2, -0.15) is 0 Å². The Hall–Kier alpha value is -1.01. The molecule has 0 spiro atoms. The van der Waals surface area contributed by atoms with E-state index in [2.05, 4.69) is 11.6 Å². The summed E-state index contributed by atoms with van der Waals surface area (Å²) >= 11 is 1.41. The van der Waals surface area contributed by atoms with Gasteiger partial charge in [0.25, 0.3) is 5.19 Å². The number of hydrogen-bond acceptors (Lipinski definition) is 5. The van der Waals surface area contributed by atoms with Crippen LogP contribution >= 0.6 is 11.3 Å². The monoisotopic (exact) mass is 225 g/mol. The molecule has 0 aliphatic carbocycles. The molecule has 4 nitrogen and oxygen atoms in total. The van der Waals surface area contributed by atoms with Gasteiger partial charge in [-0.05, 0) is 13.8 Å². The van der Waals surface area contributed by atoms with Crippen molar-refractivity contribution in [3.8, 4) is 5.19 Å². The van der Waals surface area contributed by atoms with Crippen LogP contribution < -0.4 is 9.51 Å². The molecule has 1 aromatic rings. The Morgan fingerprint density at radius 2 is 2.33 bits per heavy atom. The molecule has 1 aliphatic heterocycles. The van der Waals surface area contributed by atoms with Gasteiger partial charge < -0.3 is 14.0 Å². The Bertz CT molecular complexity index is 390. The Morgan fingerprint density at radius 1 is 1.60 bits per heavy atom. The van der Waals surface area contributed by atoms with Crippen LogP contribution in [0.3, 0.4) is 0 Å². The molecule has 0 N–H and O–H groups in total. The summed E-state index contributed by atoms with van der Waals surface area (Å²) in [5.41, 5.74) is -0.443. The molecule has 2 rings (SSSR count). The first-order valence-corrected chi connectivity index (χ1v) is 5.38. The van der Waals surface area contributed by atoms with Crippen molar-refractivity contribution in [3.63, 3.8) is 0 Å². The molecule has 0 aromatic carbocycles. The van der Waals surface area contributed by atoms with Gasteiger partial charge in [0.1, 0.15) is 5.60 Å². The Balaban J connectivity index is 2.17. The molecule has 0 atom stereocenters. The van der Waals surface area contributed by atoms with E-state index in [1.165, 1.54) is 11.3 Å². The Labute approximate surface area is 93.0 Å². The first kappa shape index (κ1) is 10.5. The largest absolute Gasteiger partial charge is 0.575 e. The van der Waals surface area contributed by atoms with Crippen molar-refractivity contribution in [3.05, 3.63) is 18.5 Å². The summed E-state index contributed by atoms with van der Waals surface area (Å²) in [4.78, 5) is 4.06. The van der Waals surface area contributed by atoms with Crippen LogP contribution in [0.2, 0.25) is 0 Å². The van der Waals surface area contributed by atoms with Crippen molar-refractivity contribution in [2.75, 3.05) is 7.11 Å². The van der Waals surface area contributed by atoms with E-state index in [4.69, 9.17) is 14.0 Å². The van der Waals surface area contributed by atoms with Gasteiger partial charge in [0.05, 0.1) is 17.6 Å². The van der Waals surface area contributed by atoms with Crippen molar-refractivity contribution in [2.24, 2.45) is 0 Å². The van der Waals surface area contributed by atoms with Gasteiger partial charge in [-0.1, -0.05) is 17.9 Å². The fraction of sp³-hybridized carbons (Fsp3) is 0.444. The Morgan fingerprint density at radius 3 is 2.80 bits per heavy atom. The third-order valence-corrected chi connectivity index (χ3v) is 3.21. The minimum absolute atomic E-state index is 0.408. The summed E-state index contributed by atoms with van der Waals surface area (Å²) in [6.07, 6.45) is 1.70. The second kappa shape index (κ2) is 3.54. The minimum Gasteiger partial charge on any atom is -0.533 e. The number of nitrogens with zero attached hydrogens (tertiary/aromatic N) is 1. The molecule has 1 saturated heterocycles. The summed E-state index contributed by atoms with van der Waals surface area (Å²) in [7, 11) is 1.18. The molecule has 15 heavy (non-hydrogen) atoms. The van der Waals surface area contributed by atoms with Crippen LogP contribution in [0.25, 0.3) is 0 Å². The molecule has 0 amide bonds. The predicted molar refractivity (Wildman–Crippen MR) is 59.4 cm³/mol. The summed E-state index contributed by atoms with van der Waals surface area (Å²) in [6, 6.07) is 0. The standard InChI is InChI=1S/C9H12BNO3S/c1-6-9(2,3)14-10(13-6)7-5-11-8(12-4)15-7/h5H,1H2,2-4H3. The second-order valence-electron chi connectivity index (χ2n) is 3.73. The van der Waals surface area contributed by atoms with Gasteiger partial charge in [0.15, 0.2) is 0 Å². The van der Waals surface area contributed by atoms with Crippen molar-refractivity contribution in [1.82, 2.24) is 4.98 Å². The van der Waals surface area contributed by atoms with E-state index in [1.807, 2.05) is 13.8 Å². The average Bonchev–Trinajstić information content (AvgIpc) is 2.72. The molecular weight excluding hydrogens is 213 g/mol. The lowest BCUT2D eigenvalue weighted by molar-refractivity contribution is 0.173. The highest BCUT2D eigenvalue weighted by atomic mass is 32.1. The lowest BCUT2D eigenvalue weighted by Gasteiger charge is -2.15. The van der Waals surface area contributed by atoms with E-state index in [1.54, 1.807) is 13.3 Å². The molecule has 0 unspecified atom stereocenters. The van der Waals surface area contributed by atoms with Gasteiger partial charge in [-0.15, -0.1) is 0 Å². The molecule has 1 aromatic heterocycles. The Kier molecular flexibility index (Phi) is 2.48. The summed E-state index contributed by atoms with van der Waals surface area (Å²) < 4.78 is 17.1. The van der Waals surface area contributed by atoms with E-state index < -0.39 is 12.7 Å². The first-order valence-electron chi connectivity index (χ1n) is 4.56. The van der Waals surface area contributed by atoms with Crippen LogP contribution in [0.1, 0.15) is 13.8 Å². The maximum Gasteiger partial charge on any atom is 0.575 e. The summed E-state index contributed by atoms with van der Waals surface area (Å²) in [5.74, 6) is 0.639. The van der Waals surface area contributed by atoms with Crippen LogP contribution in [0, 0.1) is 0 Å². The topological polar surface area (TPSA) is 40.6 Å². The zero-order valence-electron chi connectivity index (χ0n) is 8.94. The van der Waals surface area contributed by atoms with E-state index >= 15 is 0 Å². The third kappa shape index (κ3) is 1.87. The molecule has 80 valence electrons. The SMILES string of the molecule is C=C1OB(c2cnc(OC)s2)OC1(C)C. The quantitative estimate of drug-likeness (QED) is 0.708. The zero-order valence-corrected chi connectivity index (χ0v) is 9.76.